The topological polar surface area (TPSA) is 35.5 Å². The maximum Gasteiger partial charge on any atom is 0.343 e. The van der Waals surface area contributed by atoms with Gasteiger partial charge in [-0.2, -0.15) is 0 Å². The largest absolute Gasteiger partial charge is 0.423 e. The molecule has 1 aliphatic carbocycles. The van der Waals surface area contributed by atoms with Gasteiger partial charge in [0, 0.05) is 7.11 Å². The molecular weight excluding hydrogens is 415 g/mol. The average Bonchev–Trinajstić information content (AvgIpc) is 2.67. The van der Waals surface area contributed by atoms with Crippen LogP contribution < -0.4 is 4.74 Å². The second kappa shape index (κ2) is 6.98. The SMILES string of the molecule is CO[C@H]1CC[C@H](c2ccc(C(=O)Oc3ccc(S(F)(F)(F)(F)F)cc3)cc2)CC1. The first-order chi connectivity index (χ1) is 13.4. The summed E-state index contributed by atoms with van der Waals surface area (Å²) in [6.07, 6.45) is 4.20. The number of rotatable bonds is 5. The molecule has 0 N–H and O–H groups in total. The molecule has 160 valence electrons. The van der Waals surface area contributed by atoms with Crippen molar-refractivity contribution < 1.29 is 33.7 Å². The first-order valence-corrected chi connectivity index (χ1v) is 11.0. The van der Waals surface area contributed by atoms with Crippen LogP contribution in [0.25, 0.3) is 0 Å². The Morgan fingerprint density at radius 3 is 1.90 bits per heavy atom. The van der Waals surface area contributed by atoms with Crippen LogP contribution in [0.15, 0.2) is 53.4 Å². The molecule has 0 bridgehead atoms. The molecule has 3 nitrogen and oxygen atoms in total. The number of hydrogen-bond acceptors (Lipinski definition) is 3. The quantitative estimate of drug-likeness (QED) is 0.282. The lowest BCUT2D eigenvalue weighted by Crippen LogP contribution is -2.19. The lowest BCUT2D eigenvalue weighted by molar-refractivity contribution is 0.0658. The molecule has 1 fully saturated rings. The number of hydrogen-bond donors (Lipinski definition) is 0. The van der Waals surface area contributed by atoms with Crippen molar-refractivity contribution in [2.24, 2.45) is 0 Å². The van der Waals surface area contributed by atoms with Crippen LogP contribution in [0.4, 0.5) is 19.4 Å². The van der Waals surface area contributed by atoms with Crippen LogP contribution in [0, 0.1) is 0 Å². The van der Waals surface area contributed by atoms with E-state index in [0.717, 1.165) is 31.2 Å². The second-order valence-electron chi connectivity index (χ2n) is 7.16. The number of methoxy groups -OCH3 is 1. The van der Waals surface area contributed by atoms with Gasteiger partial charge in [0.25, 0.3) is 0 Å². The van der Waals surface area contributed by atoms with Gasteiger partial charge in [-0.25, -0.2) is 4.79 Å². The maximum atomic E-state index is 12.7. The average molecular weight is 436 g/mol. The molecule has 2 aromatic rings. The summed E-state index contributed by atoms with van der Waals surface area (Å²) in [6.45, 7) is 0. The summed E-state index contributed by atoms with van der Waals surface area (Å²) in [5.41, 5.74) is 1.31. The van der Waals surface area contributed by atoms with Gasteiger partial charge in [0.15, 0.2) is 0 Å². The van der Waals surface area contributed by atoms with E-state index in [1.807, 2.05) is 12.1 Å². The first-order valence-electron chi connectivity index (χ1n) is 9.05. The van der Waals surface area contributed by atoms with E-state index in [1.165, 1.54) is 0 Å². The van der Waals surface area contributed by atoms with Crippen molar-refractivity contribution >= 4 is 16.2 Å². The van der Waals surface area contributed by atoms with Crippen molar-refractivity contribution in [2.45, 2.75) is 42.6 Å². The lowest BCUT2D eigenvalue weighted by atomic mass is 9.82. The molecule has 9 heteroatoms. The molecule has 1 aliphatic rings. The van der Waals surface area contributed by atoms with Crippen molar-refractivity contribution in [3.05, 3.63) is 59.7 Å². The minimum atomic E-state index is -9.75. The number of halogens is 5. The minimum absolute atomic E-state index is 0.212. The summed E-state index contributed by atoms with van der Waals surface area (Å²) in [7, 11) is -8.04. The van der Waals surface area contributed by atoms with Gasteiger partial charge in [0.2, 0.25) is 0 Å². The Bertz CT molecular complexity index is 872. The van der Waals surface area contributed by atoms with Gasteiger partial charge in [-0.1, -0.05) is 31.6 Å². The summed E-state index contributed by atoms with van der Waals surface area (Å²) in [6, 6.07) is 8.65. The zero-order chi connectivity index (χ0) is 21.3. The van der Waals surface area contributed by atoms with Crippen molar-refractivity contribution in [1.29, 1.82) is 0 Å². The zero-order valence-corrected chi connectivity index (χ0v) is 16.4. The summed E-state index contributed by atoms with van der Waals surface area (Å²) in [5.74, 6) is -0.645. The van der Waals surface area contributed by atoms with E-state index in [0.29, 0.717) is 18.1 Å². The van der Waals surface area contributed by atoms with E-state index in [9.17, 15) is 24.2 Å². The molecule has 1 saturated carbocycles. The molecule has 0 atom stereocenters. The van der Waals surface area contributed by atoms with Gasteiger partial charge in [-0.3, -0.25) is 0 Å². The predicted molar refractivity (Wildman–Crippen MR) is 101 cm³/mol. The van der Waals surface area contributed by atoms with E-state index in [2.05, 4.69) is 0 Å². The third kappa shape index (κ3) is 5.48. The fourth-order valence-electron chi connectivity index (χ4n) is 3.45. The molecule has 0 spiro atoms. The van der Waals surface area contributed by atoms with Crippen LogP contribution in [0.3, 0.4) is 0 Å². The highest BCUT2D eigenvalue weighted by atomic mass is 32.5. The summed E-state index contributed by atoms with van der Waals surface area (Å²) in [5, 5.41) is 0. The smallest absolute Gasteiger partial charge is 0.343 e. The van der Waals surface area contributed by atoms with Crippen LogP contribution in [0.1, 0.15) is 47.5 Å². The van der Waals surface area contributed by atoms with Crippen LogP contribution in [-0.4, -0.2) is 19.2 Å². The molecular formula is C20H21F5O3S. The Balaban J connectivity index is 1.64. The zero-order valence-electron chi connectivity index (χ0n) is 15.6. The van der Waals surface area contributed by atoms with E-state index in [1.54, 1.807) is 19.2 Å². The standard InChI is InChI=1S/C20H21F5O3S/c1-27-17-8-6-15(7-9-17)14-2-4-16(5-3-14)20(26)28-18-10-12-19(13-11-18)29(21,22,23,24)25/h2-5,10-13,15,17H,6-9H2,1H3/t15-,17-. The molecule has 2 aromatic carbocycles. The Kier molecular flexibility index (Phi) is 5.20. The molecule has 0 heterocycles. The van der Waals surface area contributed by atoms with Gasteiger partial charge in [-0.15, -0.1) is 0 Å². The van der Waals surface area contributed by atoms with Crippen LogP contribution in [0.2, 0.25) is 0 Å². The van der Waals surface area contributed by atoms with E-state index in [4.69, 9.17) is 9.47 Å². The third-order valence-electron chi connectivity index (χ3n) is 5.11. The highest BCUT2D eigenvalue weighted by Crippen LogP contribution is 3.02. The lowest BCUT2D eigenvalue weighted by Gasteiger charge is -2.40. The van der Waals surface area contributed by atoms with E-state index < -0.39 is 21.1 Å². The highest BCUT2D eigenvalue weighted by molar-refractivity contribution is 8.45. The molecule has 0 saturated heterocycles. The second-order valence-corrected chi connectivity index (χ2v) is 9.57. The maximum absolute atomic E-state index is 12.7. The van der Waals surface area contributed by atoms with Crippen molar-refractivity contribution in [3.63, 3.8) is 0 Å². The summed E-state index contributed by atoms with van der Waals surface area (Å²) < 4.78 is 74.0. The monoisotopic (exact) mass is 436 g/mol. The summed E-state index contributed by atoms with van der Waals surface area (Å²) >= 11 is 0. The van der Waals surface area contributed by atoms with Crippen LogP contribution >= 0.6 is 10.2 Å². The minimum Gasteiger partial charge on any atom is -0.423 e. The number of carbonyl (C=O) groups is 1. The van der Waals surface area contributed by atoms with Gasteiger partial charge in [0.1, 0.15) is 10.6 Å². The number of carbonyl (C=O) groups excluding carboxylic acids is 1. The molecule has 0 radical (unpaired) electrons. The van der Waals surface area contributed by atoms with Crippen molar-refractivity contribution in [3.8, 4) is 5.75 Å². The molecule has 0 amide bonds. The predicted octanol–water partition coefficient (Wildman–Crippen LogP) is 7.24. The Hall–Kier alpha value is -2.13. The van der Waals surface area contributed by atoms with Crippen molar-refractivity contribution in [2.75, 3.05) is 7.11 Å². The Morgan fingerprint density at radius 2 is 1.41 bits per heavy atom. The fourth-order valence-corrected chi connectivity index (χ4v) is 4.10. The van der Waals surface area contributed by atoms with Crippen LogP contribution in [0.5, 0.6) is 5.75 Å². The van der Waals surface area contributed by atoms with Gasteiger partial charge < -0.3 is 9.47 Å². The van der Waals surface area contributed by atoms with Gasteiger partial charge in [0.05, 0.1) is 11.7 Å². The molecule has 0 aromatic heterocycles. The van der Waals surface area contributed by atoms with Crippen LogP contribution in [-0.2, 0) is 4.74 Å². The first kappa shape index (κ1) is 21.6. The molecule has 0 unspecified atom stereocenters. The number of ether oxygens (including phenoxy) is 2. The Labute approximate surface area is 165 Å². The normalized spacial score (nSPS) is 22.4. The molecule has 29 heavy (non-hydrogen) atoms. The Morgan fingerprint density at radius 1 is 0.862 bits per heavy atom. The van der Waals surface area contributed by atoms with Gasteiger partial charge in [-0.05, 0) is 73.6 Å². The molecule has 0 aliphatic heterocycles. The van der Waals surface area contributed by atoms with E-state index >= 15 is 0 Å². The number of benzene rings is 2. The van der Waals surface area contributed by atoms with Gasteiger partial charge >= 0.3 is 16.2 Å². The highest BCUT2D eigenvalue weighted by Gasteiger charge is 2.65. The summed E-state index contributed by atoms with van der Waals surface area (Å²) in [4.78, 5) is 10.2. The van der Waals surface area contributed by atoms with Crippen molar-refractivity contribution in [1.82, 2.24) is 0 Å². The fraction of sp³-hybridized carbons (Fsp3) is 0.350. The molecule has 3 rings (SSSR count). The van der Waals surface area contributed by atoms with E-state index in [-0.39, 0.29) is 29.5 Å². The number of esters is 1. The third-order valence-corrected chi connectivity index (χ3v) is 6.27.